The number of hydrogen-bond acceptors (Lipinski definition) is 5. The first-order chi connectivity index (χ1) is 14.4. The molecule has 1 amide bonds. The summed E-state index contributed by atoms with van der Waals surface area (Å²) in [5.74, 6) is 1.23. The smallest absolute Gasteiger partial charge is 0.410 e. The Hall–Kier alpha value is -3.03. The molecule has 162 valence electrons. The summed E-state index contributed by atoms with van der Waals surface area (Å²) in [6, 6.07) is 10.1. The summed E-state index contributed by atoms with van der Waals surface area (Å²) in [6.07, 6.45) is 3.44. The van der Waals surface area contributed by atoms with Gasteiger partial charge >= 0.3 is 6.09 Å². The highest BCUT2D eigenvalue weighted by molar-refractivity contribution is 5.79. The van der Waals surface area contributed by atoms with E-state index in [1.807, 2.05) is 51.1 Å². The fraction of sp³-hybridized carbons (Fsp3) is 0.500. The second-order valence-electron chi connectivity index (χ2n) is 8.27. The molecule has 0 atom stereocenters. The van der Waals surface area contributed by atoms with Crippen molar-refractivity contribution in [3.8, 4) is 11.5 Å². The van der Waals surface area contributed by atoms with Gasteiger partial charge in [0.25, 0.3) is 0 Å². The van der Waals surface area contributed by atoms with Crippen LogP contribution in [0, 0.1) is 0 Å². The maximum Gasteiger partial charge on any atom is 0.410 e. The Bertz CT molecular complexity index is 853. The van der Waals surface area contributed by atoms with E-state index in [0.717, 1.165) is 24.1 Å². The molecule has 1 fully saturated rings. The number of aromatic nitrogens is 1. The highest BCUT2D eigenvalue weighted by Gasteiger charge is 2.34. The molecule has 1 heterocycles. The lowest BCUT2D eigenvalue weighted by Crippen LogP contribution is -2.45. The minimum atomic E-state index is -0.495. The van der Waals surface area contributed by atoms with Crippen molar-refractivity contribution in [3.05, 3.63) is 42.3 Å². The van der Waals surface area contributed by atoms with Gasteiger partial charge in [-0.1, -0.05) is 18.2 Å². The van der Waals surface area contributed by atoms with Crippen LogP contribution in [-0.4, -0.2) is 53.7 Å². The molecule has 1 aromatic heterocycles. The number of guanidine groups is 1. The van der Waals surface area contributed by atoms with Crippen molar-refractivity contribution >= 4 is 12.1 Å². The van der Waals surface area contributed by atoms with Gasteiger partial charge in [-0.05, 0) is 45.7 Å². The summed E-state index contributed by atoms with van der Waals surface area (Å²) in [6.45, 7) is 7.26. The quantitative estimate of drug-likeness (QED) is 0.534. The van der Waals surface area contributed by atoms with Crippen LogP contribution in [-0.2, 0) is 11.3 Å². The van der Waals surface area contributed by atoms with Gasteiger partial charge in [0, 0.05) is 31.7 Å². The maximum atomic E-state index is 12.4. The van der Waals surface area contributed by atoms with E-state index >= 15 is 0 Å². The number of aliphatic imine (C=N–C) groups is 1. The maximum absolute atomic E-state index is 12.4. The van der Waals surface area contributed by atoms with Gasteiger partial charge in [0.2, 0.25) is 5.89 Å². The van der Waals surface area contributed by atoms with Crippen molar-refractivity contribution < 1.29 is 13.9 Å². The van der Waals surface area contributed by atoms with Crippen molar-refractivity contribution in [3.63, 3.8) is 0 Å². The van der Waals surface area contributed by atoms with E-state index in [1.54, 1.807) is 18.2 Å². The molecule has 0 spiro atoms. The summed E-state index contributed by atoms with van der Waals surface area (Å²) in [4.78, 5) is 23.0. The number of carbonyl (C=O) groups excluding carboxylic acids is 1. The van der Waals surface area contributed by atoms with E-state index in [-0.39, 0.29) is 12.1 Å². The van der Waals surface area contributed by atoms with E-state index in [1.165, 1.54) is 0 Å². The molecule has 1 aliphatic carbocycles. The number of oxazole rings is 1. The Kier molecular flexibility index (Phi) is 6.97. The first kappa shape index (κ1) is 21.7. The molecular formula is C22H31N5O3. The van der Waals surface area contributed by atoms with E-state index in [4.69, 9.17) is 9.15 Å². The van der Waals surface area contributed by atoms with Crippen LogP contribution in [0.3, 0.4) is 0 Å². The van der Waals surface area contributed by atoms with Crippen molar-refractivity contribution in [2.75, 3.05) is 20.1 Å². The van der Waals surface area contributed by atoms with Crippen LogP contribution in [0.1, 0.15) is 39.3 Å². The molecule has 0 saturated heterocycles. The zero-order chi connectivity index (χ0) is 21.6. The normalized spacial score (nSPS) is 14.3. The molecule has 8 heteroatoms. The van der Waals surface area contributed by atoms with E-state index < -0.39 is 5.60 Å². The summed E-state index contributed by atoms with van der Waals surface area (Å²) in [5, 5.41) is 6.46. The third kappa shape index (κ3) is 6.50. The topological polar surface area (TPSA) is 92.0 Å². The molecule has 3 rings (SSSR count). The number of ether oxygens (including phenoxy) is 1. The van der Waals surface area contributed by atoms with Crippen LogP contribution >= 0.6 is 0 Å². The highest BCUT2D eigenvalue weighted by Crippen LogP contribution is 2.28. The molecular weight excluding hydrogens is 382 g/mol. The lowest BCUT2D eigenvalue weighted by atomic mass is 10.2. The molecule has 0 unspecified atom stereocenters. The lowest BCUT2D eigenvalue weighted by molar-refractivity contribution is 0.0238. The van der Waals surface area contributed by atoms with Crippen LogP contribution in [0.2, 0.25) is 0 Å². The van der Waals surface area contributed by atoms with Crippen molar-refractivity contribution in [2.45, 2.75) is 51.8 Å². The van der Waals surface area contributed by atoms with E-state index in [0.29, 0.717) is 31.5 Å². The minimum Gasteiger partial charge on any atom is -0.444 e. The average molecular weight is 414 g/mol. The third-order valence-electron chi connectivity index (χ3n) is 4.49. The van der Waals surface area contributed by atoms with Gasteiger partial charge in [-0.15, -0.1) is 0 Å². The number of hydrogen-bond donors (Lipinski definition) is 2. The molecule has 1 saturated carbocycles. The van der Waals surface area contributed by atoms with E-state index in [2.05, 4.69) is 20.6 Å². The second-order valence-corrected chi connectivity index (χ2v) is 8.27. The predicted molar refractivity (Wildman–Crippen MR) is 116 cm³/mol. The van der Waals surface area contributed by atoms with Crippen molar-refractivity contribution in [1.82, 2.24) is 20.5 Å². The standard InChI is InChI=1S/C22H31N5O3/c1-22(2,3)30-21(28)27(18-10-11-18)13-12-24-20(23-4)25-14-17-15-29-19(26-17)16-8-6-5-7-9-16/h5-9,15,18H,10-14H2,1-4H3,(H2,23,24,25). The van der Waals surface area contributed by atoms with E-state index in [9.17, 15) is 4.79 Å². The Morgan fingerprint density at radius 3 is 2.63 bits per heavy atom. The zero-order valence-corrected chi connectivity index (χ0v) is 18.1. The summed E-state index contributed by atoms with van der Waals surface area (Å²) in [7, 11) is 1.71. The second kappa shape index (κ2) is 9.65. The number of rotatable bonds is 7. The van der Waals surface area contributed by atoms with Gasteiger partial charge in [0.1, 0.15) is 11.9 Å². The van der Waals surface area contributed by atoms with Crippen LogP contribution in [0.25, 0.3) is 11.5 Å². The predicted octanol–water partition coefficient (Wildman–Crippen LogP) is 3.41. The zero-order valence-electron chi connectivity index (χ0n) is 18.1. The summed E-state index contributed by atoms with van der Waals surface area (Å²) in [5.41, 5.74) is 1.23. The van der Waals surface area contributed by atoms with Gasteiger partial charge in [0.05, 0.1) is 12.2 Å². The van der Waals surface area contributed by atoms with Gasteiger partial charge in [-0.3, -0.25) is 4.99 Å². The van der Waals surface area contributed by atoms with Crippen molar-refractivity contribution in [2.24, 2.45) is 4.99 Å². The molecule has 2 aromatic rings. The molecule has 8 nitrogen and oxygen atoms in total. The first-order valence-electron chi connectivity index (χ1n) is 10.3. The Labute approximate surface area is 177 Å². The highest BCUT2D eigenvalue weighted by atomic mass is 16.6. The number of amides is 1. The van der Waals surface area contributed by atoms with Crippen LogP contribution in [0.15, 0.2) is 46.0 Å². The monoisotopic (exact) mass is 413 g/mol. The average Bonchev–Trinajstić information content (AvgIpc) is 3.43. The van der Waals surface area contributed by atoms with Crippen molar-refractivity contribution in [1.29, 1.82) is 0 Å². The molecule has 30 heavy (non-hydrogen) atoms. The van der Waals surface area contributed by atoms with Crippen LogP contribution in [0.4, 0.5) is 4.79 Å². The molecule has 0 bridgehead atoms. The fourth-order valence-corrected chi connectivity index (χ4v) is 2.92. The molecule has 2 N–H and O–H groups in total. The Balaban J connectivity index is 1.46. The van der Waals surface area contributed by atoms with Gasteiger partial charge in [-0.25, -0.2) is 9.78 Å². The van der Waals surface area contributed by atoms with Gasteiger partial charge in [0.15, 0.2) is 5.96 Å². The molecule has 0 aliphatic heterocycles. The molecule has 1 aliphatic rings. The summed E-state index contributed by atoms with van der Waals surface area (Å²) < 4.78 is 11.1. The third-order valence-corrected chi connectivity index (χ3v) is 4.49. The number of carbonyl (C=O) groups is 1. The number of benzene rings is 1. The largest absolute Gasteiger partial charge is 0.444 e. The number of nitrogens with one attached hydrogen (secondary N) is 2. The van der Waals surface area contributed by atoms with Gasteiger partial charge in [-0.2, -0.15) is 0 Å². The van der Waals surface area contributed by atoms with Crippen LogP contribution in [0.5, 0.6) is 0 Å². The minimum absolute atomic E-state index is 0.259. The number of nitrogens with zero attached hydrogens (tertiary/aromatic N) is 3. The lowest BCUT2D eigenvalue weighted by Gasteiger charge is -2.27. The Morgan fingerprint density at radius 1 is 1.27 bits per heavy atom. The molecule has 0 radical (unpaired) electrons. The summed E-state index contributed by atoms with van der Waals surface area (Å²) >= 11 is 0. The fourth-order valence-electron chi connectivity index (χ4n) is 2.92. The Morgan fingerprint density at radius 2 is 2.00 bits per heavy atom. The first-order valence-corrected chi connectivity index (χ1v) is 10.3. The molecule has 1 aromatic carbocycles. The SMILES string of the molecule is CN=C(NCCN(C(=O)OC(C)(C)C)C1CC1)NCc1coc(-c2ccccc2)n1. The van der Waals surface area contributed by atoms with Gasteiger partial charge < -0.3 is 24.7 Å². The van der Waals surface area contributed by atoms with Crippen LogP contribution < -0.4 is 10.6 Å².